The number of nitrogens with zero attached hydrogens (tertiary/aromatic N) is 2. The Kier molecular flexibility index (Phi) is 3.22. The molecular weight excluding hydrogens is 254 g/mol. The zero-order valence-electron chi connectivity index (χ0n) is 11.9. The molecular formula is C15H19N3O2. The number of aromatic nitrogens is 2. The third-order valence-corrected chi connectivity index (χ3v) is 4.14. The van der Waals surface area contributed by atoms with Crippen molar-refractivity contribution in [2.45, 2.75) is 38.9 Å². The molecule has 1 saturated heterocycles. The average molecular weight is 273 g/mol. The number of rotatable bonds is 2. The van der Waals surface area contributed by atoms with Crippen molar-refractivity contribution >= 4 is 5.69 Å². The summed E-state index contributed by atoms with van der Waals surface area (Å²) in [6.45, 7) is 6.29. The van der Waals surface area contributed by atoms with Crippen molar-refractivity contribution in [3.8, 4) is 11.4 Å². The van der Waals surface area contributed by atoms with E-state index in [9.17, 15) is 0 Å². The van der Waals surface area contributed by atoms with Gasteiger partial charge in [-0.3, -0.25) is 0 Å². The molecule has 2 heterocycles. The van der Waals surface area contributed by atoms with Crippen LogP contribution in [0, 0.1) is 5.92 Å². The van der Waals surface area contributed by atoms with Gasteiger partial charge in [0, 0.05) is 11.3 Å². The molecule has 2 aromatic rings. The van der Waals surface area contributed by atoms with E-state index in [1.165, 1.54) is 0 Å². The first-order chi connectivity index (χ1) is 9.56. The van der Waals surface area contributed by atoms with Crippen molar-refractivity contribution in [1.82, 2.24) is 10.1 Å². The molecule has 4 atom stereocenters. The minimum atomic E-state index is 0.0970. The molecule has 1 fully saturated rings. The van der Waals surface area contributed by atoms with Crippen molar-refractivity contribution < 1.29 is 9.26 Å². The van der Waals surface area contributed by atoms with Gasteiger partial charge in [-0.15, -0.1) is 0 Å². The molecule has 2 N–H and O–H groups in total. The van der Waals surface area contributed by atoms with Crippen LogP contribution >= 0.6 is 0 Å². The number of nitrogens with two attached hydrogens (primary N) is 1. The van der Waals surface area contributed by atoms with Gasteiger partial charge in [-0.2, -0.15) is 4.98 Å². The summed E-state index contributed by atoms with van der Waals surface area (Å²) in [5.41, 5.74) is 7.30. The van der Waals surface area contributed by atoms with Gasteiger partial charge in [0.25, 0.3) is 0 Å². The second kappa shape index (κ2) is 4.90. The number of benzene rings is 1. The number of anilines is 1. The van der Waals surface area contributed by atoms with Crippen LogP contribution in [0.4, 0.5) is 5.69 Å². The minimum absolute atomic E-state index is 0.0970. The summed E-state index contributed by atoms with van der Waals surface area (Å²) in [5, 5.41) is 4.07. The van der Waals surface area contributed by atoms with Crippen molar-refractivity contribution in [2.24, 2.45) is 5.92 Å². The van der Waals surface area contributed by atoms with Crippen molar-refractivity contribution in [3.05, 3.63) is 30.2 Å². The van der Waals surface area contributed by atoms with E-state index in [-0.39, 0.29) is 18.1 Å². The highest BCUT2D eigenvalue weighted by Gasteiger charge is 2.41. The van der Waals surface area contributed by atoms with Crippen LogP contribution < -0.4 is 5.73 Å². The number of hydrogen-bond acceptors (Lipinski definition) is 5. The van der Waals surface area contributed by atoms with Gasteiger partial charge in [0.2, 0.25) is 11.7 Å². The molecule has 5 heteroatoms. The van der Waals surface area contributed by atoms with Crippen LogP contribution in [0.25, 0.3) is 11.4 Å². The molecule has 5 nitrogen and oxygen atoms in total. The highest BCUT2D eigenvalue weighted by molar-refractivity contribution is 5.58. The van der Waals surface area contributed by atoms with Gasteiger partial charge in [-0.1, -0.05) is 12.1 Å². The summed E-state index contributed by atoms with van der Waals surface area (Å²) in [6.07, 6.45) is 0.307. The lowest BCUT2D eigenvalue weighted by Crippen LogP contribution is -2.15. The maximum atomic E-state index is 5.83. The molecule has 0 spiro atoms. The molecule has 0 amide bonds. The van der Waals surface area contributed by atoms with E-state index in [1.807, 2.05) is 24.3 Å². The zero-order valence-corrected chi connectivity index (χ0v) is 11.9. The minimum Gasteiger partial charge on any atom is -0.399 e. The van der Waals surface area contributed by atoms with E-state index in [4.69, 9.17) is 15.0 Å². The second-order valence-corrected chi connectivity index (χ2v) is 5.51. The normalized spacial score (nSPS) is 29.8. The first-order valence-corrected chi connectivity index (χ1v) is 6.91. The molecule has 3 rings (SSSR count). The van der Waals surface area contributed by atoms with Gasteiger partial charge in [-0.25, -0.2) is 0 Å². The highest BCUT2D eigenvalue weighted by atomic mass is 16.5. The number of nitrogen functional groups attached to an aromatic ring is 1. The van der Waals surface area contributed by atoms with Crippen LogP contribution in [0.1, 0.15) is 32.6 Å². The van der Waals surface area contributed by atoms with Gasteiger partial charge < -0.3 is 15.0 Å². The molecule has 0 radical (unpaired) electrons. The van der Waals surface area contributed by atoms with Crippen LogP contribution in [0.15, 0.2) is 28.8 Å². The van der Waals surface area contributed by atoms with E-state index < -0.39 is 0 Å². The molecule has 0 aliphatic carbocycles. The Morgan fingerprint density at radius 2 is 1.75 bits per heavy atom. The molecule has 0 bridgehead atoms. The molecule has 1 aliphatic heterocycles. The van der Waals surface area contributed by atoms with Crippen LogP contribution in [-0.4, -0.2) is 22.3 Å². The number of ether oxygens (including phenoxy) is 1. The van der Waals surface area contributed by atoms with Crippen LogP contribution in [0.3, 0.4) is 0 Å². The third kappa shape index (κ3) is 2.18. The summed E-state index contributed by atoms with van der Waals surface area (Å²) in [5.74, 6) is 1.77. The van der Waals surface area contributed by atoms with Crippen molar-refractivity contribution in [1.29, 1.82) is 0 Å². The molecule has 1 aliphatic rings. The monoisotopic (exact) mass is 273 g/mol. The predicted octanol–water partition coefficient (Wildman–Crippen LogP) is 2.85. The van der Waals surface area contributed by atoms with Crippen molar-refractivity contribution in [2.75, 3.05) is 5.73 Å². The Bertz CT molecular complexity index is 593. The van der Waals surface area contributed by atoms with Gasteiger partial charge in [0.05, 0.1) is 18.1 Å². The maximum Gasteiger partial charge on any atom is 0.233 e. The lowest BCUT2D eigenvalue weighted by atomic mass is 9.89. The quantitative estimate of drug-likeness (QED) is 0.852. The highest BCUT2D eigenvalue weighted by Crippen LogP contribution is 2.39. The van der Waals surface area contributed by atoms with E-state index >= 15 is 0 Å². The summed E-state index contributed by atoms with van der Waals surface area (Å²) in [6, 6.07) is 7.45. The van der Waals surface area contributed by atoms with E-state index in [1.54, 1.807) is 0 Å². The summed E-state index contributed by atoms with van der Waals surface area (Å²) in [4.78, 5) is 4.53. The van der Waals surface area contributed by atoms with Gasteiger partial charge >= 0.3 is 0 Å². The summed E-state index contributed by atoms with van der Waals surface area (Å²) < 4.78 is 11.3. The first kappa shape index (κ1) is 13.1. The zero-order chi connectivity index (χ0) is 14.3. The second-order valence-electron chi connectivity index (χ2n) is 5.51. The fourth-order valence-corrected chi connectivity index (χ4v) is 2.81. The van der Waals surface area contributed by atoms with Crippen LogP contribution in [-0.2, 0) is 4.74 Å². The summed E-state index contributed by atoms with van der Waals surface area (Å²) >= 11 is 0. The Morgan fingerprint density at radius 3 is 2.35 bits per heavy atom. The van der Waals surface area contributed by atoms with Crippen LogP contribution in [0.2, 0.25) is 0 Å². The SMILES string of the molecule is CC1OC(C)C(c2nc(-c3ccc(N)cc3)no2)C1C. The first-order valence-electron chi connectivity index (χ1n) is 6.91. The Morgan fingerprint density at radius 1 is 1.05 bits per heavy atom. The standard InChI is InChI=1S/C15H19N3O2/c1-8-9(2)19-10(3)13(8)15-17-14(18-20-15)11-4-6-12(16)7-5-11/h4-10,13H,16H2,1-3H3. The molecule has 20 heavy (non-hydrogen) atoms. The van der Waals surface area contributed by atoms with Crippen LogP contribution in [0.5, 0.6) is 0 Å². The average Bonchev–Trinajstić information content (AvgIpc) is 2.97. The van der Waals surface area contributed by atoms with Crippen molar-refractivity contribution in [3.63, 3.8) is 0 Å². The Labute approximate surface area is 118 Å². The topological polar surface area (TPSA) is 74.2 Å². The fraction of sp³-hybridized carbons (Fsp3) is 0.467. The Hall–Kier alpha value is -1.88. The lowest BCUT2D eigenvalue weighted by molar-refractivity contribution is 0.0542. The molecule has 1 aromatic carbocycles. The van der Waals surface area contributed by atoms with Gasteiger partial charge in [-0.05, 0) is 44.0 Å². The van der Waals surface area contributed by atoms with E-state index in [2.05, 4.69) is 30.9 Å². The van der Waals surface area contributed by atoms with Gasteiger partial charge in [0.1, 0.15) is 0 Å². The predicted molar refractivity (Wildman–Crippen MR) is 76.1 cm³/mol. The fourth-order valence-electron chi connectivity index (χ4n) is 2.81. The smallest absolute Gasteiger partial charge is 0.233 e. The Balaban J connectivity index is 1.89. The lowest BCUT2D eigenvalue weighted by Gasteiger charge is -2.12. The van der Waals surface area contributed by atoms with Gasteiger partial charge in [0.15, 0.2) is 0 Å². The van der Waals surface area contributed by atoms with E-state index in [0.29, 0.717) is 17.6 Å². The molecule has 0 saturated carbocycles. The summed E-state index contributed by atoms with van der Waals surface area (Å²) in [7, 11) is 0. The molecule has 4 unspecified atom stereocenters. The largest absolute Gasteiger partial charge is 0.399 e. The molecule has 106 valence electrons. The van der Waals surface area contributed by atoms with E-state index in [0.717, 1.165) is 11.3 Å². The number of hydrogen-bond donors (Lipinski definition) is 1. The molecule has 1 aromatic heterocycles. The maximum absolute atomic E-state index is 5.83. The third-order valence-electron chi connectivity index (χ3n) is 4.14.